The zero-order chi connectivity index (χ0) is 14.5. The Morgan fingerprint density at radius 1 is 1.32 bits per heavy atom. The van der Waals surface area contributed by atoms with Gasteiger partial charge in [-0.05, 0) is 12.8 Å². The summed E-state index contributed by atoms with van der Waals surface area (Å²) in [5, 5.41) is 2.93. The summed E-state index contributed by atoms with van der Waals surface area (Å²) >= 11 is 0. The highest BCUT2D eigenvalue weighted by atomic mass is 32.2. The van der Waals surface area contributed by atoms with Crippen LogP contribution < -0.4 is 5.32 Å². The molecular formula is C12H22N4O2S. The normalized spacial score (nSPS) is 13.5. The molecule has 0 aliphatic carbocycles. The highest BCUT2D eigenvalue weighted by molar-refractivity contribution is 7.89. The quantitative estimate of drug-likeness (QED) is 0.823. The maximum Gasteiger partial charge on any atom is 0.245 e. The molecule has 0 spiro atoms. The second-order valence-corrected chi connectivity index (χ2v) is 6.62. The summed E-state index contributed by atoms with van der Waals surface area (Å²) in [7, 11) is -1.91. The van der Waals surface area contributed by atoms with Crippen LogP contribution in [0.5, 0.6) is 0 Å². The predicted molar refractivity (Wildman–Crippen MR) is 75.5 cm³/mol. The molecule has 0 aliphatic heterocycles. The van der Waals surface area contributed by atoms with Crippen LogP contribution in [0.3, 0.4) is 0 Å². The zero-order valence-corrected chi connectivity index (χ0v) is 12.7. The number of sulfonamides is 1. The van der Waals surface area contributed by atoms with Gasteiger partial charge in [0.05, 0.1) is 12.4 Å². The maximum absolute atomic E-state index is 12.3. The lowest BCUT2D eigenvalue weighted by Gasteiger charge is -2.20. The number of hydrogen-bond acceptors (Lipinski definition) is 5. The Morgan fingerprint density at radius 3 is 2.37 bits per heavy atom. The first-order chi connectivity index (χ1) is 8.91. The maximum atomic E-state index is 12.3. The van der Waals surface area contributed by atoms with Crippen LogP contribution in [0.2, 0.25) is 0 Å². The van der Waals surface area contributed by atoms with Gasteiger partial charge in [0.15, 0.2) is 0 Å². The minimum absolute atomic E-state index is 0.125. The van der Waals surface area contributed by atoms with Gasteiger partial charge in [-0.2, -0.15) is 0 Å². The highest BCUT2D eigenvalue weighted by Gasteiger charge is 2.22. The Morgan fingerprint density at radius 2 is 1.89 bits per heavy atom. The average molecular weight is 286 g/mol. The van der Waals surface area contributed by atoms with Crippen LogP contribution in [-0.2, 0) is 10.0 Å². The first-order valence-corrected chi connectivity index (χ1v) is 7.88. The van der Waals surface area contributed by atoms with Gasteiger partial charge in [0.1, 0.15) is 4.90 Å². The molecule has 1 aromatic heterocycles. The van der Waals surface area contributed by atoms with Crippen molar-refractivity contribution in [2.45, 2.75) is 32.1 Å². The van der Waals surface area contributed by atoms with E-state index < -0.39 is 10.0 Å². The predicted octanol–water partition coefficient (Wildman–Crippen LogP) is 1.57. The third kappa shape index (κ3) is 4.14. The van der Waals surface area contributed by atoms with Crippen molar-refractivity contribution in [3.63, 3.8) is 0 Å². The molecular weight excluding hydrogens is 264 g/mol. The van der Waals surface area contributed by atoms with Gasteiger partial charge in [0.2, 0.25) is 16.0 Å². The second kappa shape index (κ2) is 6.81. The first-order valence-electron chi connectivity index (χ1n) is 6.44. The van der Waals surface area contributed by atoms with E-state index in [4.69, 9.17) is 0 Å². The van der Waals surface area contributed by atoms with Gasteiger partial charge in [-0.1, -0.05) is 20.3 Å². The SMILES string of the molecule is CCNc1ncc(S(=O)(=O)N(C)CC(C)CC)cn1. The van der Waals surface area contributed by atoms with Gasteiger partial charge in [-0.15, -0.1) is 0 Å². The minimum Gasteiger partial charge on any atom is -0.355 e. The number of anilines is 1. The van der Waals surface area contributed by atoms with Crippen molar-refractivity contribution < 1.29 is 8.42 Å². The van der Waals surface area contributed by atoms with Gasteiger partial charge in [-0.3, -0.25) is 0 Å². The van der Waals surface area contributed by atoms with Crippen molar-refractivity contribution in [3.05, 3.63) is 12.4 Å². The fourth-order valence-corrected chi connectivity index (χ4v) is 2.73. The molecule has 1 aromatic rings. The molecule has 1 N–H and O–H groups in total. The van der Waals surface area contributed by atoms with Crippen LogP contribution in [-0.4, -0.2) is 42.8 Å². The molecule has 108 valence electrons. The molecule has 0 amide bonds. The summed E-state index contributed by atoms with van der Waals surface area (Å²) in [5.74, 6) is 0.757. The van der Waals surface area contributed by atoms with Gasteiger partial charge >= 0.3 is 0 Å². The minimum atomic E-state index is -3.50. The fraction of sp³-hybridized carbons (Fsp3) is 0.667. The molecule has 1 unspecified atom stereocenters. The van der Waals surface area contributed by atoms with E-state index in [-0.39, 0.29) is 4.90 Å². The second-order valence-electron chi connectivity index (χ2n) is 4.57. The van der Waals surface area contributed by atoms with Gasteiger partial charge < -0.3 is 5.32 Å². The van der Waals surface area contributed by atoms with Crippen LogP contribution >= 0.6 is 0 Å². The van der Waals surface area contributed by atoms with E-state index in [1.54, 1.807) is 7.05 Å². The van der Waals surface area contributed by atoms with Crippen LogP contribution in [0.15, 0.2) is 17.3 Å². The monoisotopic (exact) mass is 286 g/mol. The molecule has 0 aliphatic rings. The zero-order valence-electron chi connectivity index (χ0n) is 11.9. The van der Waals surface area contributed by atoms with Crippen LogP contribution in [0.1, 0.15) is 27.2 Å². The summed E-state index contributed by atoms with van der Waals surface area (Å²) in [6.45, 7) is 7.18. The van der Waals surface area contributed by atoms with Gasteiger partial charge in [0.25, 0.3) is 0 Å². The van der Waals surface area contributed by atoms with E-state index in [0.29, 0.717) is 25.0 Å². The van der Waals surface area contributed by atoms with Crippen molar-refractivity contribution in [1.82, 2.24) is 14.3 Å². The molecule has 1 atom stereocenters. The lowest BCUT2D eigenvalue weighted by Crippen LogP contribution is -2.31. The van der Waals surface area contributed by atoms with Crippen molar-refractivity contribution in [2.75, 3.05) is 25.5 Å². The van der Waals surface area contributed by atoms with Crippen LogP contribution in [0.4, 0.5) is 5.95 Å². The van der Waals surface area contributed by atoms with E-state index in [9.17, 15) is 8.42 Å². The van der Waals surface area contributed by atoms with E-state index in [0.717, 1.165) is 6.42 Å². The van der Waals surface area contributed by atoms with Crippen LogP contribution in [0, 0.1) is 5.92 Å². The summed E-state index contributed by atoms with van der Waals surface area (Å²) in [6, 6.07) is 0. The van der Waals surface area contributed by atoms with E-state index in [2.05, 4.69) is 15.3 Å². The lowest BCUT2D eigenvalue weighted by molar-refractivity contribution is 0.393. The number of nitrogens with zero attached hydrogens (tertiary/aromatic N) is 3. The third-order valence-electron chi connectivity index (χ3n) is 2.94. The van der Waals surface area contributed by atoms with E-state index in [1.165, 1.54) is 16.7 Å². The van der Waals surface area contributed by atoms with E-state index in [1.807, 2.05) is 20.8 Å². The average Bonchev–Trinajstić information content (AvgIpc) is 2.39. The Labute approximate surface area is 115 Å². The van der Waals surface area contributed by atoms with Crippen molar-refractivity contribution in [1.29, 1.82) is 0 Å². The molecule has 0 aromatic carbocycles. The number of aromatic nitrogens is 2. The molecule has 1 rings (SSSR count). The number of hydrogen-bond donors (Lipinski definition) is 1. The van der Waals surface area contributed by atoms with Gasteiger partial charge in [-0.25, -0.2) is 22.7 Å². The van der Waals surface area contributed by atoms with Crippen molar-refractivity contribution >= 4 is 16.0 Å². The molecule has 19 heavy (non-hydrogen) atoms. The summed E-state index contributed by atoms with van der Waals surface area (Å²) in [5.41, 5.74) is 0. The number of nitrogens with one attached hydrogen (secondary N) is 1. The molecule has 0 bridgehead atoms. The smallest absolute Gasteiger partial charge is 0.245 e. The first kappa shape index (κ1) is 15.8. The Balaban J connectivity index is 2.87. The molecule has 0 saturated heterocycles. The Hall–Kier alpha value is -1.21. The molecule has 0 fully saturated rings. The Bertz CT molecular complexity index is 487. The lowest BCUT2D eigenvalue weighted by atomic mass is 10.1. The number of rotatable bonds is 7. The summed E-state index contributed by atoms with van der Waals surface area (Å²) in [4.78, 5) is 8.10. The fourth-order valence-electron chi connectivity index (χ4n) is 1.54. The summed E-state index contributed by atoms with van der Waals surface area (Å²) < 4.78 is 25.9. The third-order valence-corrected chi connectivity index (χ3v) is 4.71. The molecule has 6 nitrogen and oxygen atoms in total. The van der Waals surface area contributed by atoms with Crippen molar-refractivity contribution in [3.8, 4) is 0 Å². The standard InChI is InChI=1S/C12H22N4O2S/c1-5-10(3)9-16(4)19(17,18)11-7-14-12(13-6-2)15-8-11/h7-8,10H,5-6,9H2,1-4H3,(H,13,14,15). The summed E-state index contributed by atoms with van der Waals surface area (Å²) in [6.07, 6.45) is 3.62. The molecule has 0 saturated carbocycles. The largest absolute Gasteiger partial charge is 0.355 e. The molecule has 0 radical (unpaired) electrons. The van der Waals surface area contributed by atoms with Crippen LogP contribution in [0.25, 0.3) is 0 Å². The molecule has 7 heteroatoms. The molecule has 1 heterocycles. The highest BCUT2D eigenvalue weighted by Crippen LogP contribution is 2.15. The van der Waals surface area contributed by atoms with Gasteiger partial charge in [0, 0.05) is 20.1 Å². The Kier molecular flexibility index (Phi) is 5.68. The van der Waals surface area contributed by atoms with Crippen molar-refractivity contribution in [2.24, 2.45) is 5.92 Å². The van der Waals surface area contributed by atoms with E-state index >= 15 is 0 Å². The topological polar surface area (TPSA) is 75.2 Å².